The molecule has 1 saturated heterocycles. The maximum atomic E-state index is 12.8. The molecule has 1 N–H and O–H groups in total. The molecule has 0 saturated carbocycles. The first kappa shape index (κ1) is 21.8. The van der Waals surface area contributed by atoms with Crippen LogP contribution in [0.15, 0.2) is 47.4 Å². The zero-order chi connectivity index (χ0) is 22.7. The van der Waals surface area contributed by atoms with Crippen LogP contribution in [-0.4, -0.2) is 43.4 Å². The van der Waals surface area contributed by atoms with E-state index < -0.39 is 20.9 Å². The minimum atomic E-state index is -3.63. The van der Waals surface area contributed by atoms with Crippen molar-refractivity contribution in [1.82, 2.24) is 4.31 Å². The number of piperidine rings is 1. The van der Waals surface area contributed by atoms with Gasteiger partial charge in [0.15, 0.2) is 11.5 Å². The Morgan fingerprint density at radius 1 is 1.09 bits per heavy atom. The molecule has 168 valence electrons. The number of nitro groups is 1. The van der Waals surface area contributed by atoms with E-state index in [0.717, 1.165) is 25.3 Å². The molecule has 1 amide bonds. The van der Waals surface area contributed by atoms with Crippen LogP contribution in [0.1, 0.15) is 24.8 Å². The Bertz CT molecular complexity index is 1190. The molecule has 2 aliphatic rings. The molecule has 0 spiro atoms. The number of hydrogen-bond donors (Lipinski definition) is 1. The van der Waals surface area contributed by atoms with Gasteiger partial charge in [-0.1, -0.05) is 12.5 Å². The summed E-state index contributed by atoms with van der Waals surface area (Å²) in [6.45, 7) is 0.933. The molecule has 0 aliphatic carbocycles. The first-order valence-corrected chi connectivity index (χ1v) is 11.5. The van der Waals surface area contributed by atoms with Crippen molar-refractivity contribution in [3.63, 3.8) is 0 Å². The van der Waals surface area contributed by atoms with E-state index in [0.29, 0.717) is 24.5 Å². The van der Waals surface area contributed by atoms with Crippen molar-refractivity contribution in [2.45, 2.75) is 24.2 Å². The zero-order valence-corrected chi connectivity index (χ0v) is 17.8. The molecule has 0 radical (unpaired) electrons. The Hall–Kier alpha value is -3.44. The van der Waals surface area contributed by atoms with E-state index in [2.05, 4.69) is 5.32 Å². The summed E-state index contributed by atoms with van der Waals surface area (Å²) < 4.78 is 37.5. The average Bonchev–Trinajstić information content (AvgIpc) is 3.25. The maximum absolute atomic E-state index is 12.8. The fraction of sp³-hybridized carbons (Fsp3) is 0.286. The highest BCUT2D eigenvalue weighted by Gasteiger charge is 2.26. The lowest BCUT2D eigenvalue weighted by atomic mass is 10.1. The van der Waals surface area contributed by atoms with Crippen LogP contribution in [-0.2, 0) is 14.8 Å². The number of ether oxygens (including phenoxy) is 2. The van der Waals surface area contributed by atoms with Crippen molar-refractivity contribution in [3.05, 3.63) is 58.2 Å². The Balaban J connectivity index is 1.50. The summed E-state index contributed by atoms with van der Waals surface area (Å²) in [4.78, 5) is 23.2. The number of hydrogen-bond acceptors (Lipinski definition) is 7. The number of carbonyl (C=O) groups excluding carboxylic acids is 1. The van der Waals surface area contributed by atoms with Crippen molar-refractivity contribution >= 4 is 33.4 Å². The molecule has 1 fully saturated rings. The van der Waals surface area contributed by atoms with Crippen molar-refractivity contribution < 1.29 is 27.6 Å². The van der Waals surface area contributed by atoms with E-state index in [4.69, 9.17) is 9.47 Å². The van der Waals surface area contributed by atoms with Gasteiger partial charge in [0, 0.05) is 24.9 Å². The molecule has 10 nitrogen and oxygen atoms in total. The largest absolute Gasteiger partial charge is 0.454 e. The molecular weight excluding hydrogens is 438 g/mol. The molecule has 11 heteroatoms. The summed E-state index contributed by atoms with van der Waals surface area (Å²) in [5, 5.41) is 13.9. The second kappa shape index (κ2) is 8.97. The van der Waals surface area contributed by atoms with Crippen LogP contribution in [0.25, 0.3) is 6.08 Å². The summed E-state index contributed by atoms with van der Waals surface area (Å²) in [6, 6.07) is 8.69. The zero-order valence-electron chi connectivity index (χ0n) is 17.0. The highest BCUT2D eigenvalue weighted by molar-refractivity contribution is 7.89. The predicted octanol–water partition coefficient (Wildman–Crippen LogP) is 3.15. The molecule has 0 unspecified atom stereocenters. The SMILES string of the molecule is O=C(/C=C/c1cc2c(cc1[N+](=O)[O-])OCO2)Nc1cccc(S(=O)(=O)N2CCCCC2)c1. The summed E-state index contributed by atoms with van der Waals surface area (Å²) in [5.41, 5.74) is 0.252. The third kappa shape index (κ3) is 4.58. The van der Waals surface area contributed by atoms with E-state index in [1.807, 2.05) is 0 Å². The number of rotatable bonds is 6. The van der Waals surface area contributed by atoms with Gasteiger partial charge in [-0.15, -0.1) is 0 Å². The first-order chi connectivity index (χ1) is 15.3. The van der Waals surface area contributed by atoms with Gasteiger partial charge in [-0.3, -0.25) is 14.9 Å². The van der Waals surface area contributed by atoms with Crippen molar-refractivity contribution in [2.75, 3.05) is 25.2 Å². The van der Waals surface area contributed by atoms with Gasteiger partial charge >= 0.3 is 0 Å². The number of nitrogens with one attached hydrogen (secondary N) is 1. The van der Waals surface area contributed by atoms with Crippen LogP contribution >= 0.6 is 0 Å². The Morgan fingerprint density at radius 3 is 2.53 bits per heavy atom. The molecule has 0 atom stereocenters. The Labute approximate surface area is 184 Å². The first-order valence-electron chi connectivity index (χ1n) is 10.0. The number of sulfonamides is 1. The fourth-order valence-corrected chi connectivity index (χ4v) is 5.14. The number of amides is 1. The van der Waals surface area contributed by atoms with Crippen molar-refractivity contribution in [1.29, 1.82) is 0 Å². The summed E-state index contributed by atoms with van der Waals surface area (Å²) in [7, 11) is -3.63. The number of benzene rings is 2. The molecule has 0 bridgehead atoms. The fourth-order valence-electron chi connectivity index (χ4n) is 3.58. The Morgan fingerprint density at radius 2 is 1.81 bits per heavy atom. The van der Waals surface area contributed by atoms with Crippen molar-refractivity contribution in [3.8, 4) is 11.5 Å². The summed E-state index contributed by atoms with van der Waals surface area (Å²) in [6.07, 6.45) is 5.09. The molecule has 4 rings (SSSR count). The summed E-state index contributed by atoms with van der Waals surface area (Å²) in [5.74, 6) is 0.0563. The quantitative estimate of drug-likeness (QED) is 0.399. The maximum Gasteiger partial charge on any atom is 0.280 e. The smallest absolute Gasteiger partial charge is 0.280 e. The number of carbonyl (C=O) groups is 1. The van der Waals surface area contributed by atoms with Crippen LogP contribution in [0.4, 0.5) is 11.4 Å². The lowest BCUT2D eigenvalue weighted by Crippen LogP contribution is -2.35. The van der Waals surface area contributed by atoms with E-state index in [9.17, 15) is 23.3 Å². The van der Waals surface area contributed by atoms with E-state index in [1.165, 1.54) is 34.6 Å². The molecule has 2 aliphatic heterocycles. The van der Waals surface area contributed by atoms with Gasteiger partial charge in [0.05, 0.1) is 21.4 Å². The minimum absolute atomic E-state index is 0.0309. The standard InChI is InChI=1S/C21H21N3O7S/c25-21(8-7-15-11-19-20(31-14-30-19)13-18(15)24(26)27)22-16-5-4-6-17(12-16)32(28,29)23-9-2-1-3-10-23/h4-8,11-13H,1-3,9-10,14H2,(H,22,25)/b8-7+. The molecule has 32 heavy (non-hydrogen) atoms. The number of fused-ring (bicyclic) bond motifs is 1. The van der Waals surface area contributed by atoms with Gasteiger partial charge in [0.1, 0.15) is 0 Å². The predicted molar refractivity (Wildman–Crippen MR) is 116 cm³/mol. The third-order valence-electron chi connectivity index (χ3n) is 5.19. The van der Waals surface area contributed by atoms with Crippen LogP contribution < -0.4 is 14.8 Å². The summed E-state index contributed by atoms with van der Waals surface area (Å²) >= 11 is 0. The van der Waals surface area contributed by atoms with Crippen LogP contribution in [0.2, 0.25) is 0 Å². The molecule has 2 aromatic carbocycles. The molecule has 2 aromatic rings. The normalized spacial score (nSPS) is 16.2. The van der Waals surface area contributed by atoms with Gasteiger partial charge < -0.3 is 14.8 Å². The third-order valence-corrected chi connectivity index (χ3v) is 7.08. The van der Waals surface area contributed by atoms with Gasteiger partial charge in [-0.25, -0.2) is 8.42 Å². The molecule has 2 heterocycles. The highest BCUT2D eigenvalue weighted by Crippen LogP contribution is 2.38. The molecular formula is C21H21N3O7S. The van der Waals surface area contributed by atoms with E-state index in [1.54, 1.807) is 12.1 Å². The number of nitrogens with zero attached hydrogens (tertiary/aromatic N) is 2. The second-order valence-electron chi connectivity index (χ2n) is 7.34. The van der Waals surface area contributed by atoms with E-state index in [-0.39, 0.29) is 28.7 Å². The van der Waals surface area contributed by atoms with Crippen LogP contribution in [0, 0.1) is 10.1 Å². The van der Waals surface area contributed by atoms with E-state index >= 15 is 0 Å². The minimum Gasteiger partial charge on any atom is -0.454 e. The number of nitro benzene ring substituents is 1. The lowest BCUT2D eigenvalue weighted by molar-refractivity contribution is -0.385. The van der Waals surface area contributed by atoms with Crippen molar-refractivity contribution in [2.24, 2.45) is 0 Å². The topological polar surface area (TPSA) is 128 Å². The molecule has 0 aromatic heterocycles. The lowest BCUT2D eigenvalue weighted by Gasteiger charge is -2.26. The monoisotopic (exact) mass is 459 g/mol. The van der Waals surface area contributed by atoms with Crippen LogP contribution in [0.3, 0.4) is 0 Å². The number of anilines is 1. The van der Waals surface area contributed by atoms with Gasteiger partial charge in [-0.2, -0.15) is 4.31 Å². The second-order valence-corrected chi connectivity index (χ2v) is 9.27. The van der Waals surface area contributed by atoms with Gasteiger partial charge in [0.25, 0.3) is 5.69 Å². The Kier molecular flexibility index (Phi) is 6.10. The van der Waals surface area contributed by atoms with Gasteiger partial charge in [-0.05, 0) is 43.2 Å². The average molecular weight is 459 g/mol. The van der Waals surface area contributed by atoms with Gasteiger partial charge in [0.2, 0.25) is 22.7 Å². The highest BCUT2D eigenvalue weighted by atomic mass is 32.2. The van der Waals surface area contributed by atoms with Crippen LogP contribution in [0.5, 0.6) is 11.5 Å².